The van der Waals surface area contributed by atoms with Gasteiger partial charge in [-0.25, -0.2) is 14.3 Å². The van der Waals surface area contributed by atoms with Crippen LogP contribution in [0.4, 0.5) is 4.79 Å². The summed E-state index contributed by atoms with van der Waals surface area (Å²) in [7, 11) is 0. The van der Waals surface area contributed by atoms with Crippen LogP contribution in [0, 0.1) is 10.5 Å². The summed E-state index contributed by atoms with van der Waals surface area (Å²) in [4.78, 5) is 16.5. The average molecular weight is 393 g/mol. The molecule has 4 nitrogen and oxygen atoms in total. The lowest BCUT2D eigenvalue weighted by molar-refractivity contribution is 0.0540. The number of nitrogens with zero attached hydrogens (tertiary/aromatic N) is 2. The normalized spacial score (nSPS) is 11.9. The molecule has 0 aliphatic carbocycles. The molecule has 0 spiro atoms. The van der Waals surface area contributed by atoms with E-state index in [2.05, 4.69) is 27.6 Å². The number of rotatable bonds is 0. The second kappa shape index (κ2) is 4.94. The highest BCUT2D eigenvalue weighted by molar-refractivity contribution is 14.1. The Kier molecular flexibility index (Phi) is 3.79. The molecule has 6 heteroatoms. The summed E-state index contributed by atoms with van der Waals surface area (Å²) in [6.07, 6.45) is 1.15. The summed E-state index contributed by atoms with van der Waals surface area (Å²) >= 11 is 8.34. The van der Waals surface area contributed by atoms with E-state index in [4.69, 9.17) is 16.3 Å². The van der Waals surface area contributed by atoms with Crippen molar-refractivity contribution in [1.82, 2.24) is 9.55 Å². The maximum atomic E-state index is 12.3. The SMILES string of the molecule is Cc1c(I)c2c(Cl)ccnc2n1C(=O)OC(C)(C)C. The van der Waals surface area contributed by atoms with Crippen LogP contribution in [0.5, 0.6) is 0 Å². The van der Waals surface area contributed by atoms with Crippen LogP contribution in [0.2, 0.25) is 5.02 Å². The summed E-state index contributed by atoms with van der Waals surface area (Å²) in [5.74, 6) is 0. The lowest BCUT2D eigenvalue weighted by atomic mass is 10.2. The quantitative estimate of drug-likeness (QED) is 0.625. The van der Waals surface area contributed by atoms with Gasteiger partial charge in [-0.2, -0.15) is 0 Å². The van der Waals surface area contributed by atoms with Crippen molar-refractivity contribution in [3.8, 4) is 0 Å². The van der Waals surface area contributed by atoms with Crippen LogP contribution in [-0.4, -0.2) is 21.2 Å². The van der Waals surface area contributed by atoms with Crippen molar-refractivity contribution < 1.29 is 9.53 Å². The van der Waals surface area contributed by atoms with E-state index in [0.29, 0.717) is 10.7 Å². The van der Waals surface area contributed by atoms with Crippen LogP contribution < -0.4 is 0 Å². The second-order valence-electron chi connectivity index (χ2n) is 5.21. The zero-order valence-electron chi connectivity index (χ0n) is 11.1. The summed E-state index contributed by atoms with van der Waals surface area (Å²) in [6, 6.07) is 1.71. The zero-order chi connectivity index (χ0) is 14.4. The third-order valence-corrected chi connectivity index (χ3v) is 4.18. The van der Waals surface area contributed by atoms with Crippen molar-refractivity contribution in [2.75, 3.05) is 0 Å². The van der Waals surface area contributed by atoms with E-state index < -0.39 is 11.7 Å². The van der Waals surface area contributed by atoms with Crippen molar-refractivity contribution >= 4 is 51.3 Å². The number of ether oxygens (including phenoxy) is 1. The fourth-order valence-electron chi connectivity index (χ4n) is 1.77. The van der Waals surface area contributed by atoms with Crippen molar-refractivity contribution in [3.05, 3.63) is 26.5 Å². The van der Waals surface area contributed by atoms with Crippen LogP contribution in [0.3, 0.4) is 0 Å². The van der Waals surface area contributed by atoms with Gasteiger partial charge in [0.25, 0.3) is 0 Å². The van der Waals surface area contributed by atoms with Crippen molar-refractivity contribution in [2.24, 2.45) is 0 Å². The number of hydrogen-bond acceptors (Lipinski definition) is 3. The monoisotopic (exact) mass is 392 g/mol. The molecule has 0 aliphatic heterocycles. The predicted octanol–water partition coefficient (Wildman–Crippen LogP) is 4.39. The smallest absolute Gasteiger partial charge is 0.420 e. The number of carbonyl (C=O) groups excluding carboxylic acids is 1. The van der Waals surface area contributed by atoms with Crippen molar-refractivity contribution in [3.63, 3.8) is 0 Å². The first-order valence-electron chi connectivity index (χ1n) is 5.76. The zero-order valence-corrected chi connectivity index (χ0v) is 14.0. The maximum absolute atomic E-state index is 12.3. The Morgan fingerprint density at radius 2 is 2.11 bits per heavy atom. The van der Waals surface area contributed by atoms with Gasteiger partial charge in [-0.05, 0) is 56.4 Å². The number of fused-ring (bicyclic) bond motifs is 1. The van der Waals surface area contributed by atoms with Gasteiger partial charge in [0, 0.05) is 15.5 Å². The number of halogens is 2. The molecule has 0 aliphatic rings. The highest BCUT2D eigenvalue weighted by Gasteiger charge is 2.24. The molecule has 19 heavy (non-hydrogen) atoms. The molecule has 0 atom stereocenters. The van der Waals surface area contributed by atoms with Crippen LogP contribution >= 0.6 is 34.2 Å². The summed E-state index contributed by atoms with van der Waals surface area (Å²) in [5.41, 5.74) is 0.763. The predicted molar refractivity (Wildman–Crippen MR) is 83.8 cm³/mol. The molecule has 2 aromatic heterocycles. The Hall–Kier alpha value is -0.820. The Morgan fingerprint density at radius 3 is 2.68 bits per heavy atom. The first-order chi connectivity index (χ1) is 8.72. The first kappa shape index (κ1) is 14.6. The minimum absolute atomic E-state index is 0.437. The van der Waals surface area contributed by atoms with E-state index in [9.17, 15) is 4.79 Å². The molecule has 2 rings (SSSR count). The molecule has 0 unspecified atom stereocenters. The van der Waals surface area contributed by atoms with E-state index in [1.807, 2.05) is 27.7 Å². The largest absolute Gasteiger partial charge is 0.443 e. The molecule has 0 N–H and O–H groups in total. The van der Waals surface area contributed by atoms with E-state index in [1.54, 1.807) is 12.3 Å². The van der Waals surface area contributed by atoms with Crippen LogP contribution in [0.25, 0.3) is 11.0 Å². The van der Waals surface area contributed by atoms with E-state index in [-0.39, 0.29) is 0 Å². The highest BCUT2D eigenvalue weighted by Crippen LogP contribution is 2.31. The number of aromatic nitrogens is 2. The Bertz CT molecular complexity index is 659. The van der Waals surface area contributed by atoms with Gasteiger partial charge in [-0.1, -0.05) is 11.6 Å². The Balaban J connectivity index is 2.65. The number of pyridine rings is 1. The molecule has 0 fully saturated rings. The highest BCUT2D eigenvalue weighted by atomic mass is 127. The number of hydrogen-bond donors (Lipinski definition) is 0. The van der Waals surface area contributed by atoms with Crippen molar-refractivity contribution in [2.45, 2.75) is 33.3 Å². The fourth-order valence-corrected chi connectivity index (χ4v) is 2.94. The fraction of sp³-hybridized carbons (Fsp3) is 0.385. The average Bonchev–Trinajstić information content (AvgIpc) is 2.50. The molecular formula is C13H14ClIN2O2. The van der Waals surface area contributed by atoms with E-state index in [1.165, 1.54) is 4.57 Å². The molecule has 0 amide bonds. The van der Waals surface area contributed by atoms with Gasteiger partial charge >= 0.3 is 6.09 Å². The molecule has 0 aromatic carbocycles. The third-order valence-electron chi connectivity index (χ3n) is 2.54. The third kappa shape index (κ3) is 2.72. The van der Waals surface area contributed by atoms with Gasteiger partial charge < -0.3 is 4.74 Å². The van der Waals surface area contributed by atoms with Crippen molar-refractivity contribution in [1.29, 1.82) is 0 Å². The lowest BCUT2D eigenvalue weighted by Crippen LogP contribution is -2.27. The standard InChI is InChI=1S/C13H14ClIN2O2/c1-7-10(15)9-8(14)5-6-16-11(9)17(7)12(18)19-13(2,3)4/h5-6H,1-4H3. The molecule has 2 aromatic rings. The molecule has 0 radical (unpaired) electrons. The van der Waals surface area contributed by atoms with Gasteiger partial charge in [0.2, 0.25) is 0 Å². The Labute approximate surface area is 130 Å². The van der Waals surface area contributed by atoms with Crippen LogP contribution in [0.15, 0.2) is 12.3 Å². The van der Waals surface area contributed by atoms with Gasteiger partial charge in [0.05, 0.1) is 10.4 Å². The molecule has 0 saturated heterocycles. The van der Waals surface area contributed by atoms with Crippen LogP contribution in [-0.2, 0) is 4.74 Å². The van der Waals surface area contributed by atoms with E-state index >= 15 is 0 Å². The Morgan fingerprint density at radius 1 is 1.47 bits per heavy atom. The molecular weight excluding hydrogens is 379 g/mol. The maximum Gasteiger partial charge on any atom is 0.420 e. The summed E-state index contributed by atoms with van der Waals surface area (Å²) in [5, 5.41) is 1.37. The number of carbonyl (C=O) groups is 1. The van der Waals surface area contributed by atoms with Gasteiger partial charge in [0.1, 0.15) is 5.60 Å². The molecule has 0 bridgehead atoms. The van der Waals surface area contributed by atoms with Gasteiger partial charge in [0.15, 0.2) is 5.65 Å². The first-order valence-corrected chi connectivity index (χ1v) is 7.22. The summed E-state index contributed by atoms with van der Waals surface area (Å²) in [6.45, 7) is 7.34. The second-order valence-corrected chi connectivity index (χ2v) is 6.69. The minimum atomic E-state index is -0.551. The minimum Gasteiger partial charge on any atom is -0.443 e. The molecule has 2 heterocycles. The van der Waals surface area contributed by atoms with Crippen LogP contribution in [0.1, 0.15) is 26.5 Å². The van der Waals surface area contributed by atoms with Gasteiger partial charge in [-0.3, -0.25) is 0 Å². The molecule has 0 saturated carbocycles. The van der Waals surface area contributed by atoms with Gasteiger partial charge in [-0.15, -0.1) is 0 Å². The summed E-state index contributed by atoms with van der Waals surface area (Å²) < 4.78 is 7.78. The lowest BCUT2D eigenvalue weighted by Gasteiger charge is -2.20. The molecule has 102 valence electrons. The van der Waals surface area contributed by atoms with E-state index in [0.717, 1.165) is 14.7 Å². The topological polar surface area (TPSA) is 44.1 Å².